The first-order valence-corrected chi connectivity index (χ1v) is 4.89. The van der Waals surface area contributed by atoms with Crippen LogP contribution < -0.4 is 4.72 Å². The number of anilines is 1. The average molecular weight is 192 g/mol. The van der Waals surface area contributed by atoms with Crippen LogP contribution in [0, 0.1) is 0 Å². The van der Waals surface area contributed by atoms with E-state index >= 15 is 0 Å². The lowest BCUT2D eigenvalue weighted by atomic mass is 10.4. The first-order chi connectivity index (χ1) is 6.33. The van der Waals surface area contributed by atoms with Crippen molar-refractivity contribution in [2.24, 2.45) is 0 Å². The molecule has 1 heterocycles. The van der Waals surface area contributed by atoms with Gasteiger partial charge >= 0.3 is 0 Å². The third-order valence-corrected chi connectivity index (χ3v) is 2.29. The predicted octanol–water partition coefficient (Wildman–Crippen LogP) is 2.88. The van der Waals surface area contributed by atoms with E-state index in [-0.39, 0.29) is 0 Å². The van der Waals surface area contributed by atoms with Gasteiger partial charge in [0.05, 0.1) is 11.9 Å². The van der Waals surface area contributed by atoms with Crippen LogP contribution in [0.15, 0.2) is 49.3 Å². The van der Waals surface area contributed by atoms with E-state index in [1.165, 1.54) is 0 Å². The second-order valence-corrected chi connectivity index (χ2v) is 3.28. The zero-order chi connectivity index (χ0) is 9.52. The van der Waals surface area contributed by atoms with Gasteiger partial charge in [-0.2, -0.15) is 0 Å². The number of pyridine rings is 1. The Kier molecular flexibility index (Phi) is 4.12. The van der Waals surface area contributed by atoms with Crippen LogP contribution in [-0.4, -0.2) is 10.7 Å². The maximum Gasteiger partial charge on any atom is 0.0625 e. The summed E-state index contributed by atoms with van der Waals surface area (Å²) in [6.45, 7) is 7.44. The summed E-state index contributed by atoms with van der Waals surface area (Å²) in [7, 11) is 0. The average Bonchev–Trinajstić information content (AvgIpc) is 2.19. The van der Waals surface area contributed by atoms with Crippen molar-refractivity contribution in [2.45, 2.75) is 0 Å². The molecule has 1 aromatic rings. The first kappa shape index (κ1) is 9.86. The molecular weight excluding hydrogens is 180 g/mol. The first-order valence-electron chi connectivity index (χ1n) is 3.91. The number of rotatable bonds is 5. The van der Waals surface area contributed by atoms with Gasteiger partial charge in [-0.15, -0.1) is 0 Å². The number of hydrogen-bond donors (Lipinski definition) is 1. The molecule has 0 aliphatic heterocycles. The quantitative estimate of drug-likeness (QED) is 0.573. The molecule has 13 heavy (non-hydrogen) atoms. The molecule has 0 aromatic carbocycles. The van der Waals surface area contributed by atoms with Gasteiger partial charge in [0, 0.05) is 11.9 Å². The molecule has 3 heteroatoms. The van der Waals surface area contributed by atoms with Crippen molar-refractivity contribution in [2.75, 3.05) is 10.5 Å². The lowest BCUT2D eigenvalue weighted by molar-refractivity contribution is 1.33. The molecule has 1 aromatic heterocycles. The van der Waals surface area contributed by atoms with Crippen LogP contribution in [0.1, 0.15) is 0 Å². The lowest BCUT2D eigenvalue weighted by Gasteiger charge is -2.03. The summed E-state index contributed by atoms with van der Waals surface area (Å²) in [6.07, 6.45) is 5.29. The Labute approximate surface area is 82.9 Å². The van der Waals surface area contributed by atoms with Gasteiger partial charge in [0.1, 0.15) is 0 Å². The van der Waals surface area contributed by atoms with E-state index in [0.717, 1.165) is 17.0 Å². The fourth-order valence-corrected chi connectivity index (χ4v) is 1.36. The highest BCUT2D eigenvalue weighted by molar-refractivity contribution is 8.00. The topological polar surface area (TPSA) is 24.9 Å². The van der Waals surface area contributed by atoms with Crippen LogP contribution in [0.4, 0.5) is 5.69 Å². The van der Waals surface area contributed by atoms with Crippen LogP contribution in [-0.2, 0) is 0 Å². The number of hydrogen-bond acceptors (Lipinski definition) is 3. The van der Waals surface area contributed by atoms with Crippen LogP contribution in [0.25, 0.3) is 0 Å². The van der Waals surface area contributed by atoms with Crippen molar-refractivity contribution >= 4 is 17.6 Å². The molecule has 1 N–H and O–H groups in total. The van der Waals surface area contributed by atoms with Crippen LogP contribution in [0.3, 0.4) is 0 Å². The highest BCUT2D eigenvalue weighted by Gasteiger charge is 1.91. The van der Waals surface area contributed by atoms with Gasteiger partial charge in [-0.25, -0.2) is 0 Å². The molecule has 0 fully saturated rings. The molecule has 0 bridgehead atoms. The van der Waals surface area contributed by atoms with Gasteiger partial charge in [0.2, 0.25) is 0 Å². The van der Waals surface area contributed by atoms with Gasteiger partial charge in [0.25, 0.3) is 0 Å². The predicted molar refractivity (Wildman–Crippen MR) is 59.7 cm³/mol. The fraction of sp³-hybridized carbons (Fsp3) is 0.100. The molecule has 1 rings (SSSR count). The summed E-state index contributed by atoms with van der Waals surface area (Å²) in [5, 5.41) is 0. The third kappa shape index (κ3) is 3.80. The van der Waals surface area contributed by atoms with Gasteiger partial charge in [-0.1, -0.05) is 19.2 Å². The summed E-state index contributed by atoms with van der Waals surface area (Å²) in [5.41, 5.74) is 2.02. The van der Waals surface area contributed by atoms with Gasteiger partial charge < -0.3 is 4.72 Å². The van der Waals surface area contributed by atoms with Crippen molar-refractivity contribution in [1.82, 2.24) is 4.98 Å². The zero-order valence-electron chi connectivity index (χ0n) is 7.36. The van der Waals surface area contributed by atoms with Crippen molar-refractivity contribution in [1.29, 1.82) is 0 Å². The molecule has 0 radical (unpaired) electrons. The van der Waals surface area contributed by atoms with E-state index in [9.17, 15) is 0 Å². The normalized spacial score (nSPS) is 9.23. The van der Waals surface area contributed by atoms with Crippen molar-refractivity contribution in [3.8, 4) is 0 Å². The van der Waals surface area contributed by atoms with E-state index in [2.05, 4.69) is 22.9 Å². The smallest absolute Gasteiger partial charge is 0.0625 e. The summed E-state index contributed by atoms with van der Waals surface area (Å²) in [5.74, 6) is 0.832. The maximum atomic E-state index is 3.98. The second kappa shape index (κ2) is 5.43. The van der Waals surface area contributed by atoms with Crippen LogP contribution >= 0.6 is 11.9 Å². The highest BCUT2D eigenvalue weighted by Crippen LogP contribution is 2.12. The monoisotopic (exact) mass is 192 g/mol. The maximum absolute atomic E-state index is 3.98. The SMILES string of the molecule is C=CC(=C)CSNc1cccnc1. The molecule has 68 valence electrons. The van der Waals surface area contributed by atoms with Gasteiger partial charge in [-0.3, -0.25) is 4.98 Å². The van der Waals surface area contributed by atoms with Crippen molar-refractivity contribution < 1.29 is 0 Å². The van der Waals surface area contributed by atoms with E-state index < -0.39 is 0 Å². The Morgan fingerprint density at radius 3 is 3.15 bits per heavy atom. The number of nitrogens with one attached hydrogen (secondary N) is 1. The molecule has 0 saturated carbocycles. The number of aromatic nitrogens is 1. The summed E-state index contributed by atoms with van der Waals surface area (Å²) in [4.78, 5) is 3.98. The van der Waals surface area contributed by atoms with Crippen molar-refractivity contribution in [3.05, 3.63) is 49.3 Å². The minimum absolute atomic E-state index is 0.832. The molecular formula is C10H12N2S. The highest BCUT2D eigenvalue weighted by atomic mass is 32.2. The lowest BCUT2D eigenvalue weighted by Crippen LogP contribution is -1.90. The molecule has 0 aliphatic rings. The second-order valence-electron chi connectivity index (χ2n) is 2.49. The molecule has 0 amide bonds. The minimum Gasteiger partial charge on any atom is -0.328 e. The van der Waals surface area contributed by atoms with E-state index in [1.807, 2.05) is 12.1 Å². The molecule has 0 spiro atoms. The Morgan fingerprint density at radius 1 is 1.69 bits per heavy atom. The summed E-state index contributed by atoms with van der Waals surface area (Å²) in [6, 6.07) is 3.86. The Balaban J connectivity index is 2.28. The molecule has 0 aliphatic carbocycles. The van der Waals surface area contributed by atoms with E-state index in [4.69, 9.17) is 0 Å². The van der Waals surface area contributed by atoms with E-state index in [1.54, 1.807) is 30.4 Å². The number of allylic oxidation sites excluding steroid dienone is 1. The van der Waals surface area contributed by atoms with Crippen LogP contribution in [0.5, 0.6) is 0 Å². The Hall–Kier alpha value is -1.22. The fourth-order valence-electron chi connectivity index (χ4n) is 0.694. The molecule has 0 atom stereocenters. The molecule has 2 nitrogen and oxygen atoms in total. The third-order valence-electron chi connectivity index (χ3n) is 1.40. The Bertz CT molecular complexity index is 282. The number of nitrogens with zero attached hydrogens (tertiary/aromatic N) is 1. The molecule has 0 saturated heterocycles. The Morgan fingerprint density at radius 2 is 2.54 bits per heavy atom. The standard InChI is InChI=1S/C10H12N2S/c1-3-9(2)8-13-12-10-5-4-6-11-7-10/h3-7,12H,1-2,8H2. The van der Waals surface area contributed by atoms with Crippen LogP contribution in [0.2, 0.25) is 0 Å². The minimum atomic E-state index is 0.832. The zero-order valence-corrected chi connectivity index (χ0v) is 8.18. The molecule has 0 unspecified atom stereocenters. The summed E-state index contributed by atoms with van der Waals surface area (Å²) >= 11 is 1.58. The van der Waals surface area contributed by atoms with Crippen molar-refractivity contribution in [3.63, 3.8) is 0 Å². The van der Waals surface area contributed by atoms with Gasteiger partial charge in [-0.05, 0) is 29.7 Å². The van der Waals surface area contributed by atoms with Gasteiger partial charge in [0.15, 0.2) is 0 Å². The largest absolute Gasteiger partial charge is 0.328 e. The van der Waals surface area contributed by atoms with E-state index in [0.29, 0.717) is 0 Å². The summed E-state index contributed by atoms with van der Waals surface area (Å²) < 4.78 is 3.16.